The molecule has 3 rings (SSSR count). The zero-order valence-electron chi connectivity index (χ0n) is 19.1. The lowest BCUT2D eigenvalue weighted by Gasteiger charge is -2.32. The minimum Gasteiger partial charge on any atom is -0.486 e. The van der Waals surface area contributed by atoms with Crippen LogP contribution in [0.15, 0.2) is 18.2 Å². The number of fused-ring (bicyclic) bond motifs is 1. The Morgan fingerprint density at radius 2 is 1.81 bits per heavy atom. The monoisotopic (exact) mass is 447 g/mol. The van der Waals surface area contributed by atoms with Gasteiger partial charge in [0.1, 0.15) is 18.8 Å². The van der Waals surface area contributed by atoms with Gasteiger partial charge in [-0.1, -0.05) is 6.07 Å². The predicted octanol–water partition coefficient (Wildman–Crippen LogP) is 1.88. The van der Waals surface area contributed by atoms with Crippen molar-refractivity contribution in [2.75, 3.05) is 39.4 Å². The molecule has 0 aliphatic carbocycles. The molecule has 0 aromatic heterocycles. The Bertz CT molecular complexity index is 836. The molecule has 3 amide bonds. The van der Waals surface area contributed by atoms with Gasteiger partial charge in [-0.05, 0) is 51.3 Å². The number of benzene rings is 1. The highest BCUT2D eigenvalue weighted by atomic mass is 16.6. The Labute approximate surface area is 188 Å². The standard InChI is InChI=1S/C23H33N3O6/c1-23(2,3)32-22(29)25-9-8-24-21(28)17-5-4-10-26(15-17)20(27)14-16-6-7-18-19(13-16)31-12-11-30-18/h6-7,13,17H,4-5,8-12,14-15H2,1-3H3,(H,24,28)(H,25,29). The van der Waals surface area contributed by atoms with E-state index in [0.717, 1.165) is 18.4 Å². The number of likely N-dealkylation sites (tertiary alicyclic amines) is 1. The summed E-state index contributed by atoms with van der Waals surface area (Å²) in [6, 6.07) is 5.55. The molecule has 1 saturated heterocycles. The molecule has 2 aliphatic heterocycles. The van der Waals surface area contributed by atoms with Gasteiger partial charge in [-0.2, -0.15) is 0 Å². The first-order valence-corrected chi connectivity index (χ1v) is 11.1. The summed E-state index contributed by atoms with van der Waals surface area (Å²) in [6.07, 6.45) is 1.26. The Balaban J connectivity index is 1.42. The molecule has 1 unspecified atom stereocenters. The number of nitrogens with one attached hydrogen (secondary N) is 2. The highest BCUT2D eigenvalue weighted by Crippen LogP contribution is 2.31. The van der Waals surface area contributed by atoms with E-state index in [0.29, 0.717) is 44.3 Å². The molecule has 0 spiro atoms. The Hall–Kier alpha value is -2.97. The highest BCUT2D eigenvalue weighted by Gasteiger charge is 2.28. The van der Waals surface area contributed by atoms with Crippen LogP contribution in [0.2, 0.25) is 0 Å². The van der Waals surface area contributed by atoms with E-state index < -0.39 is 11.7 Å². The maximum atomic E-state index is 12.8. The normalized spacial score (nSPS) is 18.0. The van der Waals surface area contributed by atoms with Gasteiger partial charge in [0.05, 0.1) is 12.3 Å². The van der Waals surface area contributed by atoms with Crippen molar-refractivity contribution in [1.29, 1.82) is 0 Å². The highest BCUT2D eigenvalue weighted by molar-refractivity contribution is 5.82. The first-order chi connectivity index (χ1) is 15.2. The molecule has 0 radical (unpaired) electrons. The fraction of sp³-hybridized carbons (Fsp3) is 0.609. The maximum Gasteiger partial charge on any atom is 0.407 e. The average molecular weight is 448 g/mol. The van der Waals surface area contributed by atoms with E-state index in [-0.39, 0.29) is 30.7 Å². The summed E-state index contributed by atoms with van der Waals surface area (Å²) < 4.78 is 16.3. The molecule has 2 N–H and O–H groups in total. The van der Waals surface area contributed by atoms with Crippen LogP contribution in [0, 0.1) is 5.92 Å². The summed E-state index contributed by atoms with van der Waals surface area (Å²) in [5, 5.41) is 5.45. The van der Waals surface area contributed by atoms with Crippen molar-refractivity contribution in [3.63, 3.8) is 0 Å². The van der Waals surface area contributed by atoms with Gasteiger partial charge >= 0.3 is 6.09 Å². The molecule has 0 saturated carbocycles. The minimum atomic E-state index is -0.564. The summed E-state index contributed by atoms with van der Waals surface area (Å²) in [5.41, 5.74) is 0.296. The first kappa shape index (κ1) is 23.7. The van der Waals surface area contributed by atoms with Crippen molar-refractivity contribution in [3.8, 4) is 11.5 Å². The van der Waals surface area contributed by atoms with E-state index in [9.17, 15) is 14.4 Å². The second-order valence-electron chi connectivity index (χ2n) is 9.05. The van der Waals surface area contributed by atoms with Crippen molar-refractivity contribution in [1.82, 2.24) is 15.5 Å². The van der Waals surface area contributed by atoms with Crippen LogP contribution in [0.3, 0.4) is 0 Å². The van der Waals surface area contributed by atoms with Crippen LogP contribution in [0.5, 0.6) is 11.5 Å². The zero-order valence-corrected chi connectivity index (χ0v) is 19.1. The molecule has 1 atom stereocenters. The Kier molecular flexibility index (Phi) is 7.82. The third-order valence-corrected chi connectivity index (χ3v) is 5.20. The van der Waals surface area contributed by atoms with Gasteiger partial charge in [-0.25, -0.2) is 4.79 Å². The average Bonchev–Trinajstić information content (AvgIpc) is 2.75. The lowest BCUT2D eigenvalue weighted by molar-refractivity contribution is -0.135. The topological polar surface area (TPSA) is 106 Å². The van der Waals surface area contributed by atoms with E-state index in [1.54, 1.807) is 25.7 Å². The molecule has 0 bridgehead atoms. The van der Waals surface area contributed by atoms with Crippen LogP contribution in [0.4, 0.5) is 4.79 Å². The number of amides is 3. The van der Waals surface area contributed by atoms with Crippen LogP contribution < -0.4 is 20.1 Å². The van der Waals surface area contributed by atoms with Gasteiger partial charge in [0.15, 0.2) is 11.5 Å². The largest absolute Gasteiger partial charge is 0.486 e. The second kappa shape index (κ2) is 10.6. The summed E-state index contributed by atoms with van der Waals surface area (Å²) in [5.74, 6) is 0.994. The summed E-state index contributed by atoms with van der Waals surface area (Å²) in [7, 11) is 0. The zero-order chi connectivity index (χ0) is 23.1. The molecule has 32 heavy (non-hydrogen) atoms. The summed E-state index contributed by atoms with van der Waals surface area (Å²) in [4.78, 5) is 38.7. The van der Waals surface area contributed by atoms with Crippen LogP contribution >= 0.6 is 0 Å². The Morgan fingerprint density at radius 3 is 2.56 bits per heavy atom. The van der Waals surface area contributed by atoms with Crippen LogP contribution in [-0.4, -0.2) is 67.8 Å². The van der Waals surface area contributed by atoms with E-state index in [1.807, 2.05) is 18.2 Å². The van der Waals surface area contributed by atoms with Gasteiger partial charge in [-0.3, -0.25) is 9.59 Å². The van der Waals surface area contributed by atoms with Gasteiger partial charge in [-0.15, -0.1) is 0 Å². The summed E-state index contributed by atoms with van der Waals surface area (Å²) in [6.45, 7) is 8.02. The maximum absolute atomic E-state index is 12.8. The number of ether oxygens (including phenoxy) is 3. The SMILES string of the molecule is CC(C)(C)OC(=O)NCCNC(=O)C1CCCN(C(=O)Cc2ccc3c(c2)OCCO3)C1. The number of carbonyl (C=O) groups is 3. The molecule has 1 aromatic carbocycles. The van der Waals surface area contributed by atoms with E-state index in [4.69, 9.17) is 14.2 Å². The summed E-state index contributed by atoms with van der Waals surface area (Å²) >= 11 is 0. The third-order valence-electron chi connectivity index (χ3n) is 5.20. The molecule has 1 fully saturated rings. The lowest BCUT2D eigenvalue weighted by atomic mass is 9.96. The number of rotatable bonds is 6. The van der Waals surface area contributed by atoms with Crippen molar-refractivity contribution in [2.45, 2.75) is 45.6 Å². The van der Waals surface area contributed by atoms with Crippen LogP contribution in [-0.2, 0) is 20.7 Å². The number of hydrogen-bond acceptors (Lipinski definition) is 6. The molecular weight excluding hydrogens is 414 g/mol. The van der Waals surface area contributed by atoms with Gasteiger partial charge in [0.25, 0.3) is 0 Å². The number of nitrogens with zero attached hydrogens (tertiary/aromatic N) is 1. The molecule has 176 valence electrons. The number of carbonyl (C=O) groups excluding carboxylic acids is 3. The van der Waals surface area contributed by atoms with Gasteiger partial charge < -0.3 is 29.7 Å². The van der Waals surface area contributed by atoms with Gasteiger partial charge in [0, 0.05) is 26.2 Å². The van der Waals surface area contributed by atoms with Gasteiger partial charge in [0.2, 0.25) is 11.8 Å². The molecule has 2 aliphatic rings. The van der Waals surface area contributed by atoms with E-state index in [2.05, 4.69) is 10.6 Å². The molecule has 9 heteroatoms. The number of piperidine rings is 1. The van der Waals surface area contributed by atoms with E-state index in [1.165, 1.54) is 0 Å². The van der Waals surface area contributed by atoms with E-state index >= 15 is 0 Å². The number of hydrogen-bond donors (Lipinski definition) is 2. The second-order valence-corrected chi connectivity index (χ2v) is 9.05. The molecular formula is C23H33N3O6. The van der Waals surface area contributed by atoms with Crippen LogP contribution in [0.25, 0.3) is 0 Å². The quantitative estimate of drug-likeness (QED) is 0.645. The molecule has 1 aromatic rings. The first-order valence-electron chi connectivity index (χ1n) is 11.1. The predicted molar refractivity (Wildman–Crippen MR) is 118 cm³/mol. The fourth-order valence-electron chi connectivity index (χ4n) is 3.71. The van der Waals surface area contributed by atoms with Crippen molar-refractivity contribution in [3.05, 3.63) is 23.8 Å². The Morgan fingerprint density at radius 1 is 1.09 bits per heavy atom. The fourth-order valence-corrected chi connectivity index (χ4v) is 3.71. The van der Waals surface area contributed by atoms with Crippen LogP contribution in [0.1, 0.15) is 39.2 Å². The minimum absolute atomic E-state index is 0.00855. The van der Waals surface area contributed by atoms with Crippen molar-refractivity contribution < 1.29 is 28.6 Å². The lowest BCUT2D eigenvalue weighted by Crippen LogP contribution is -2.47. The molecule has 2 heterocycles. The van der Waals surface area contributed by atoms with Crippen molar-refractivity contribution in [2.24, 2.45) is 5.92 Å². The smallest absolute Gasteiger partial charge is 0.407 e. The number of alkyl carbamates (subject to hydrolysis) is 1. The molecule has 9 nitrogen and oxygen atoms in total. The van der Waals surface area contributed by atoms with Crippen molar-refractivity contribution >= 4 is 17.9 Å². The third kappa shape index (κ3) is 7.03.